The van der Waals surface area contributed by atoms with E-state index in [-0.39, 0.29) is 5.92 Å². The molecule has 0 aliphatic carbocycles. The Labute approximate surface area is 162 Å². The van der Waals surface area contributed by atoms with Gasteiger partial charge in [0.15, 0.2) is 0 Å². The van der Waals surface area contributed by atoms with Crippen molar-refractivity contribution in [2.24, 2.45) is 5.73 Å². The molecule has 0 saturated heterocycles. The summed E-state index contributed by atoms with van der Waals surface area (Å²) in [6.07, 6.45) is 1.97. The summed E-state index contributed by atoms with van der Waals surface area (Å²) in [5, 5.41) is 7.01. The number of H-pyrrole nitrogens is 1. The minimum absolute atomic E-state index is 0.0846. The van der Waals surface area contributed by atoms with Gasteiger partial charge >= 0.3 is 6.03 Å². The Morgan fingerprint density at radius 3 is 2.56 bits per heavy atom. The highest BCUT2D eigenvalue weighted by atomic mass is 35.5. The molecule has 3 rings (SSSR count). The lowest BCUT2D eigenvalue weighted by molar-refractivity contribution is -0.121. The molecule has 2 aromatic carbocycles. The van der Waals surface area contributed by atoms with E-state index in [2.05, 4.69) is 15.6 Å². The molecule has 0 bridgehead atoms. The summed E-state index contributed by atoms with van der Waals surface area (Å²) in [6.45, 7) is 2.14. The number of carbonyl (C=O) groups excluding carboxylic acids is 2. The average molecular weight is 385 g/mol. The topological polar surface area (TPSA) is 100 Å². The summed E-state index contributed by atoms with van der Waals surface area (Å²) in [7, 11) is 0. The van der Waals surface area contributed by atoms with Gasteiger partial charge in [0.2, 0.25) is 5.91 Å². The number of carbonyl (C=O) groups is 2. The van der Waals surface area contributed by atoms with Crippen LogP contribution in [-0.2, 0) is 4.79 Å². The number of rotatable bonds is 6. The molecular formula is C20H21ClN4O2. The lowest BCUT2D eigenvalue weighted by Gasteiger charge is -2.21. The van der Waals surface area contributed by atoms with E-state index in [0.29, 0.717) is 11.6 Å². The van der Waals surface area contributed by atoms with Crippen molar-refractivity contribution in [1.29, 1.82) is 0 Å². The van der Waals surface area contributed by atoms with E-state index >= 15 is 0 Å². The molecule has 0 unspecified atom stereocenters. The molecule has 0 radical (unpaired) electrons. The number of nitrogens with two attached hydrogens (primary N) is 1. The Bertz CT molecular complexity index is 969. The maximum Gasteiger partial charge on any atom is 0.318 e. The molecule has 0 spiro atoms. The third kappa shape index (κ3) is 4.30. The normalized spacial score (nSPS) is 13.3. The predicted molar refractivity (Wildman–Crippen MR) is 107 cm³/mol. The van der Waals surface area contributed by atoms with Crippen molar-refractivity contribution in [2.75, 3.05) is 6.54 Å². The number of hydrogen-bond donors (Lipinski definition) is 4. The highest BCUT2D eigenvalue weighted by molar-refractivity contribution is 6.31. The summed E-state index contributed by atoms with van der Waals surface area (Å²) in [4.78, 5) is 26.1. The van der Waals surface area contributed by atoms with E-state index in [4.69, 9.17) is 17.3 Å². The second-order valence-electron chi connectivity index (χ2n) is 6.35. The Morgan fingerprint density at radius 2 is 1.81 bits per heavy atom. The van der Waals surface area contributed by atoms with Gasteiger partial charge in [0.05, 0.1) is 6.04 Å². The van der Waals surface area contributed by atoms with E-state index in [9.17, 15) is 9.59 Å². The zero-order valence-electron chi connectivity index (χ0n) is 14.8. The minimum Gasteiger partial charge on any atom is -0.361 e. The Kier molecular flexibility index (Phi) is 5.78. The number of imide groups is 1. The largest absolute Gasteiger partial charge is 0.361 e. The van der Waals surface area contributed by atoms with Crippen LogP contribution in [0.2, 0.25) is 5.02 Å². The van der Waals surface area contributed by atoms with Crippen molar-refractivity contribution < 1.29 is 9.59 Å². The van der Waals surface area contributed by atoms with Crippen molar-refractivity contribution in [3.63, 3.8) is 0 Å². The SMILES string of the molecule is C[C@H](NC[C@H](c1ccccc1Cl)c1c[nH]c2ccccc12)C(=O)NC(N)=O. The zero-order chi connectivity index (χ0) is 19.4. The summed E-state index contributed by atoms with van der Waals surface area (Å²) in [5.74, 6) is -0.557. The molecule has 1 aromatic heterocycles. The van der Waals surface area contributed by atoms with Crippen molar-refractivity contribution in [3.05, 3.63) is 70.9 Å². The number of aromatic amines is 1. The zero-order valence-corrected chi connectivity index (χ0v) is 15.6. The predicted octanol–water partition coefficient (Wildman–Crippen LogP) is 3.13. The molecule has 0 saturated carbocycles. The fraction of sp³-hybridized carbons (Fsp3) is 0.200. The molecule has 7 heteroatoms. The average Bonchev–Trinajstić information content (AvgIpc) is 3.06. The first-order valence-electron chi connectivity index (χ1n) is 8.61. The number of nitrogens with one attached hydrogen (secondary N) is 3. The first-order chi connectivity index (χ1) is 13.0. The van der Waals surface area contributed by atoms with Crippen LogP contribution in [-0.4, -0.2) is 29.5 Å². The van der Waals surface area contributed by atoms with Gasteiger partial charge in [-0.25, -0.2) is 4.79 Å². The monoisotopic (exact) mass is 384 g/mol. The minimum atomic E-state index is -0.868. The van der Waals surface area contributed by atoms with Crippen LogP contribution >= 0.6 is 11.6 Å². The number of hydrogen-bond acceptors (Lipinski definition) is 3. The van der Waals surface area contributed by atoms with Crippen molar-refractivity contribution in [1.82, 2.24) is 15.6 Å². The highest BCUT2D eigenvalue weighted by Gasteiger charge is 2.22. The number of amides is 3. The van der Waals surface area contributed by atoms with Crippen LogP contribution in [0.25, 0.3) is 10.9 Å². The molecule has 0 fully saturated rings. The van der Waals surface area contributed by atoms with E-state index in [1.165, 1.54) is 0 Å². The van der Waals surface area contributed by atoms with Gasteiger partial charge in [-0.3, -0.25) is 10.1 Å². The fourth-order valence-corrected chi connectivity index (χ4v) is 3.41. The third-order valence-electron chi connectivity index (χ3n) is 4.55. The molecule has 5 N–H and O–H groups in total. The molecule has 140 valence electrons. The first-order valence-corrected chi connectivity index (χ1v) is 8.99. The lowest BCUT2D eigenvalue weighted by atomic mass is 9.90. The molecule has 0 aliphatic heterocycles. The lowest BCUT2D eigenvalue weighted by Crippen LogP contribution is -2.47. The summed E-state index contributed by atoms with van der Waals surface area (Å²) >= 11 is 6.46. The number of aromatic nitrogens is 1. The van der Waals surface area contributed by atoms with Crippen LogP contribution in [0.1, 0.15) is 24.0 Å². The van der Waals surface area contributed by atoms with Gasteiger partial charge in [0, 0.05) is 34.6 Å². The first kappa shape index (κ1) is 18.9. The molecule has 2 atom stereocenters. The third-order valence-corrected chi connectivity index (χ3v) is 4.89. The summed E-state index contributed by atoms with van der Waals surface area (Å²) in [5.41, 5.74) is 8.08. The number of urea groups is 1. The van der Waals surface area contributed by atoms with Crippen molar-refractivity contribution in [2.45, 2.75) is 18.9 Å². The van der Waals surface area contributed by atoms with Gasteiger partial charge in [-0.05, 0) is 30.2 Å². The van der Waals surface area contributed by atoms with Crippen molar-refractivity contribution >= 4 is 34.4 Å². The van der Waals surface area contributed by atoms with E-state index in [0.717, 1.165) is 22.0 Å². The number of primary amides is 1. The Morgan fingerprint density at radius 1 is 1.11 bits per heavy atom. The fourth-order valence-electron chi connectivity index (χ4n) is 3.14. The second kappa shape index (κ2) is 8.24. The van der Waals surface area contributed by atoms with Gasteiger partial charge in [-0.2, -0.15) is 0 Å². The summed E-state index contributed by atoms with van der Waals surface area (Å²) in [6, 6.07) is 14.2. The smallest absolute Gasteiger partial charge is 0.318 e. The highest BCUT2D eigenvalue weighted by Crippen LogP contribution is 2.34. The van der Waals surface area contributed by atoms with E-state index < -0.39 is 18.0 Å². The molecule has 3 aromatic rings. The molecule has 3 amide bonds. The maximum atomic E-state index is 12.0. The van der Waals surface area contributed by atoms with Crippen LogP contribution < -0.4 is 16.4 Å². The van der Waals surface area contributed by atoms with Gasteiger partial charge in [-0.15, -0.1) is 0 Å². The van der Waals surface area contributed by atoms with Crippen LogP contribution in [0.3, 0.4) is 0 Å². The second-order valence-corrected chi connectivity index (χ2v) is 6.75. The number of halogens is 1. The van der Waals surface area contributed by atoms with Crippen LogP contribution in [0, 0.1) is 0 Å². The Balaban J connectivity index is 1.91. The molecule has 0 aliphatic rings. The quantitative estimate of drug-likeness (QED) is 0.525. The number of benzene rings is 2. The van der Waals surface area contributed by atoms with Crippen LogP contribution in [0.15, 0.2) is 54.7 Å². The van der Waals surface area contributed by atoms with E-state index in [1.54, 1.807) is 6.92 Å². The van der Waals surface area contributed by atoms with Gasteiger partial charge in [0.25, 0.3) is 0 Å². The Hall–Kier alpha value is -2.83. The number of para-hydroxylation sites is 1. The molecule has 27 heavy (non-hydrogen) atoms. The van der Waals surface area contributed by atoms with Gasteiger partial charge in [0.1, 0.15) is 0 Å². The van der Waals surface area contributed by atoms with Crippen LogP contribution in [0.4, 0.5) is 4.79 Å². The van der Waals surface area contributed by atoms with Gasteiger partial charge < -0.3 is 16.0 Å². The summed E-state index contributed by atoms with van der Waals surface area (Å²) < 4.78 is 0. The van der Waals surface area contributed by atoms with Crippen molar-refractivity contribution in [3.8, 4) is 0 Å². The van der Waals surface area contributed by atoms with Crippen LogP contribution in [0.5, 0.6) is 0 Å². The number of fused-ring (bicyclic) bond motifs is 1. The molecule has 6 nitrogen and oxygen atoms in total. The molecular weight excluding hydrogens is 364 g/mol. The van der Waals surface area contributed by atoms with Gasteiger partial charge in [-0.1, -0.05) is 48.0 Å². The maximum absolute atomic E-state index is 12.0. The molecule has 1 heterocycles. The standard InChI is InChI=1S/C20H21ClN4O2/c1-12(19(26)25-20(22)27)23-10-15(13-6-2-4-8-17(13)21)16-11-24-18-9-5-3-7-14(16)18/h2-9,11-12,15,23-24H,10H2,1H3,(H3,22,25,26,27)/t12-,15+/m0/s1. The van der Waals surface area contributed by atoms with E-state index in [1.807, 2.05) is 54.7 Å².